The van der Waals surface area contributed by atoms with Crippen molar-refractivity contribution in [2.75, 3.05) is 11.5 Å². The highest BCUT2D eigenvalue weighted by atomic mass is 32.2. The minimum atomic E-state index is 0.454. The van der Waals surface area contributed by atoms with Gasteiger partial charge in [0.25, 0.3) is 0 Å². The van der Waals surface area contributed by atoms with Crippen LogP contribution in [0.4, 0.5) is 0 Å². The van der Waals surface area contributed by atoms with Gasteiger partial charge in [0.1, 0.15) is 0 Å². The lowest BCUT2D eigenvalue weighted by atomic mass is 10.1. The summed E-state index contributed by atoms with van der Waals surface area (Å²) < 4.78 is 5.33. The SMILES string of the molecule is c1ccc(-c2noc(C3CCSC3)n2)cc1. The lowest BCUT2D eigenvalue weighted by Crippen LogP contribution is -1.96. The summed E-state index contributed by atoms with van der Waals surface area (Å²) in [5.41, 5.74) is 1.02. The maximum atomic E-state index is 5.33. The van der Waals surface area contributed by atoms with Crippen molar-refractivity contribution in [2.45, 2.75) is 12.3 Å². The molecule has 1 aliphatic rings. The van der Waals surface area contributed by atoms with E-state index < -0.39 is 0 Å². The molecule has 16 heavy (non-hydrogen) atoms. The van der Waals surface area contributed by atoms with E-state index in [4.69, 9.17) is 4.52 Å². The average molecular weight is 232 g/mol. The number of rotatable bonds is 2. The van der Waals surface area contributed by atoms with Crippen LogP contribution in [-0.4, -0.2) is 21.6 Å². The second kappa shape index (κ2) is 4.29. The Morgan fingerprint density at radius 1 is 1.25 bits per heavy atom. The first-order valence-corrected chi connectivity index (χ1v) is 6.56. The second-order valence-electron chi connectivity index (χ2n) is 3.88. The quantitative estimate of drug-likeness (QED) is 0.798. The average Bonchev–Trinajstić information content (AvgIpc) is 3.01. The molecular formula is C12H12N2OS. The van der Waals surface area contributed by atoms with Crippen molar-refractivity contribution < 1.29 is 4.52 Å². The monoisotopic (exact) mass is 232 g/mol. The van der Waals surface area contributed by atoms with Crippen LogP contribution in [0.3, 0.4) is 0 Å². The van der Waals surface area contributed by atoms with Gasteiger partial charge < -0.3 is 4.52 Å². The van der Waals surface area contributed by atoms with Gasteiger partial charge >= 0.3 is 0 Å². The van der Waals surface area contributed by atoms with E-state index in [2.05, 4.69) is 10.1 Å². The van der Waals surface area contributed by atoms with E-state index in [1.54, 1.807) is 0 Å². The van der Waals surface area contributed by atoms with Gasteiger partial charge in [-0.1, -0.05) is 35.5 Å². The summed E-state index contributed by atoms with van der Waals surface area (Å²) in [6, 6.07) is 9.95. The highest BCUT2D eigenvalue weighted by molar-refractivity contribution is 7.99. The number of aromatic nitrogens is 2. The predicted molar refractivity (Wildman–Crippen MR) is 64.4 cm³/mol. The zero-order valence-electron chi connectivity index (χ0n) is 8.80. The van der Waals surface area contributed by atoms with Gasteiger partial charge in [0.15, 0.2) is 0 Å². The minimum absolute atomic E-state index is 0.454. The summed E-state index contributed by atoms with van der Waals surface area (Å²) >= 11 is 1.95. The van der Waals surface area contributed by atoms with Gasteiger partial charge in [0, 0.05) is 17.2 Å². The molecule has 0 bridgehead atoms. The van der Waals surface area contributed by atoms with Gasteiger partial charge in [-0.05, 0) is 12.2 Å². The third kappa shape index (κ3) is 1.85. The molecule has 2 aromatic rings. The Kier molecular flexibility index (Phi) is 2.66. The number of nitrogens with zero attached hydrogens (tertiary/aromatic N) is 2. The number of thioether (sulfide) groups is 1. The Hall–Kier alpha value is -1.29. The van der Waals surface area contributed by atoms with Gasteiger partial charge in [0.2, 0.25) is 11.7 Å². The molecule has 1 unspecified atom stereocenters. The van der Waals surface area contributed by atoms with Crippen molar-refractivity contribution in [1.82, 2.24) is 10.1 Å². The second-order valence-corrected chi connectivity index (χ2v) is 5.03. The molecule has 1 atom stereocenters. The summed E-state index contributed by atoms with van der Waals surface area (Å²) in [5, 5.41) is 4.04. The smallest absolute Gasteiger partial charge is 0.230 e. The first-order chi connectivity index (χ1) is 7.93. The predicted octanol–water partition coefficient (Wildman–Crippen LogP) is 2.96. The van der Waals surface area contributed by atoms with Crippen LogP contribution in [0.15, 0.2) is 34.9 Å². The molecule has 1 aromatic heterocycles. The molecule has 0 saturated carbocycles. The van der Waals surface area contributed by atoms with E-state index in [1.807, 2.05) is 42.1 Å². The maximum absolute atomic E-state index is 5.33. The van der Waals surface area contributed by atoms with Crippen LogP contribution in [0.1, 0.15) is 18.2 Å². The molecule has 3 rings (SSSR count). The first kappa shape index (κ1) is 9.90. The molecular weight excluding hydrogens is 220 g/mol. The topological polar surface area (TPSA) is 38.9 Å². The lowest BCUT2D eigenvalue weighted by Gasteiger charge is -1.98. The van der Waals surface area contributed by atoms with E-state index in [1.165, 1.54) is 5.75 Å². The largest absolute Gasteiger partial charge is 0.339 e. The van der Waals surface area contributed by atoms with Crippen LogP contribution in [0.5, 0.6) is 0 Å². The summed E-state index contributed by atoms with van der Waals surface area (Å²) in [6.07, 6.45) is 1.15. The fraction of sp³-hybridized carbons (Fsp3) is 0.333. The fourth-order valence-corrected chi connectivity index (χ4v) is 3.05. The Morgan fingerprint density at radius 2 is 2.12 bits per heavy atom. The number of hydrogen-bond acceptors (Lipinski definition) is 4. The van der Waals surface area contributed by atoms with Crippen LogP contribution in [0, 0.1) is 0 Å². The highest BCUT2D eigenvalue weighted by Crippen LogP contribution is 2.32. The molecule has 1 fully saturated rings. The molecule has 0 aliphatic carbocycles. The standard InChI is InChI=1S/C12H12N2OS/c1-2-4-9(5-3-1)11-13-12(15-14-11)10-6-7-16-8-10/h1-5,10H,6-8H2. The molecule has 2 heterocycles. The van der Waals surface area contributed by atoms with Gasteiger partial charge in [-0.3, -0.25) is 0 Å². The van der Waals surface area contributed by atoms with Crippen LogP contribution in [-0.2, 0) is 0 Å². The normalized spacial score (nSPS) is 20.1. The molecule has 3 nitrogen and oxygen atoms in total. The van der Waals surface area contributed by atoms with Crippen molar-refractivity contribution in [3.63, 3.8) is 0 Å². The molecule has 0 amide bonds. The molecule has 1 saturated heterocycles. The van der Waals surface area contributed by atoms with Crippen molar-refractivity contribution in [2.24, 2.45) is 0 Å². The third-order valence-corrected chi connectivity index (χ3v) is 3.92. The summed E-state index contributed by atoms with van der Waals surface area (Å²) in [6.45, 7) is 0. The first-order valence-electron chi connectivity index (χ1n) is 5.40. The van der Waals surface area contributed by atoms with Crippen LogP contribution >= 0.6 is 11.8 Å². The molecule has 0 spiro atoms. The van der Waals surface area contributed by atoms with Gasteiger partial charge in [-0.15, -0.1) is 0 Å². The zero-order chi connectivity index (χ0) is 10.8. The Morgan fingerprint density at radius 3 is 2.88 bits per heavy atom. The molecule has 82 valence electrons. The highest BCUT2D eigenvalue weighted by Gasteiger charge is 2.23. The van der Waals surface area contributed by atoms with E-state index >= 15 is 0 Å². The van der Waals surface area contributed by atoms with Crippen molar-refractivity contribution in [1.29, 1.82) is 0 Å². The molecule has 0 radical (unpaired) electrons. The van der Waals surface area contributed by atoms with Crippen LogP contribution in [0.25, 0.3) is 11.4 Å². The lowest BCUT2D eigenvalue weighted by molar-refractivity contribution is 0.361. The Bertz CT molecular complexity index is 463. The van der Waals surface area contributed by atoms with Crippen LogP contribution < -0.4 is 0 Å². The van der Waals surface area contributed by atoms with Crippen molar-refractivity contribution >= 4 is 11.8 Å². The Labute approximate surface area is 98.3 Å². The molecule has 1 aromatic carbocycles. The number of hydrogen-bond donors (Lipinski definition) is 0. The van der Waals surface area contributed by atoms with Gasteiger partial charge in [-0.2, -0.15) is 16.7 Å². The van der Waals surface area contributed by atoms with E-state index in [-0.39, 0.29) is 0 Å². The zero-order valence-corrected chi connectivity index (χ0v) is 9.61. The van der Waals surface area contributed by atoms with Crippen molar-refractivity contribution in [3.8, 4) is 11.4 Å². The fourth-order valence-electron chi connectivity index (χ4n) is 1.83. The summed E-state index contributed by atoms with van der Waals surface area (Å²) in [4.78, 5) is 4.47. The van der Waals surface area contributed by atoms with Crippen LogP contribution in [0.2, 0.25) is 0 Å². The molecule has 0 N–H and O–H groups in total. The Balaban J connectivity index is 1.87. The van der Waals surface area contributed by atoms with Gasteiger partial charge in [0.05, 0.1) is 0 Å². The van der Waals surface area contributed by atoms with E-state index in [0.29, 0.717) is 11.7 Å². The summed E-state index contributed by atoms with van der Waals surface area (Å²) in [5.74, 6) is 4.26. The van der Waals surface area contributed by atoms with E-state index in [0.717, 1.165) is 23.6 Å². The minimum Gasteiger partial charge on any atom is -0.339 e. The molecule has 1 aliphatic heterocycles. The number of benzene rings is 1. The third-order valence-electron chi connectivity index (χ3n) is 2.75. The maximum Gasteiger partial charge on any atom is 0.230 e. The van der Waals surface area contributed by atoms with Gasteiger partial charge in [-0.25, -0.2) is 0 Å². The van der Waals surface area contributed by atoms with E-state index in [9.17, 15) is 0 Å². The summed E-state index contributed by atoms with van der Waals surface area (Å²) in [7, 11) is 0. The molecule has 4 heteroatoms. The van der Waals surface area contributed by atoms with Crippen molar-refractivity contribution in [3.05, 3.63) is 36.2 Å².